The van der Waals surface area contributed by atoms with Crippen LogP contribution in [-0.4, -0.2) is 25.2 Å². The number of halogens is 2. The molecule has 1 aromatic heterocycles. The molecule has 1 rings (SSSR count). The molecule has 0 N–H and O–H groups in total. The number of ether oxygens (including phenoxy) is 2. The number of carbonyl (C=O) groups is 1. The van der Waals surface area contributed by atoms with Crippen LogP contribution < -0.4 is 4.74 Å². The molecule has 94 valence electrons. The molecule has 4 nitrogen and oxygen atoms in total. The summed E-state index contributed by atoms with van der Waals surface area (Å²) in [6.07, 6.45) is -1.61. The Kier molecular flexibility index (Phi) is 4.37. The van der Waals surface area contributed by atoms with Crippen LogP contribution in [0.4, 0.5) is 8.78 Å². The molecule has 6 heteroatoms. The van der Waals surface area contributed by atoms with Crippen LogP contribution >= 0.6 is 0 Å². The average Bonchev–Trinajstić information content (AvgIpc) is 2.30. The Morgan fingerprint density at radius 1 is 1.47 bits per heavy atom. The second kappa shape index (κ2) is 5.56. The zero-order valence-electron chi connectivity index (χ0n) is 9.79. The van der Waals surface area contributed by atoms with Gasteiger partial charge >= 0.3 is 5.97 Å². The highest BCUT2D eigenvalue weighted by Crippen LogP contribution is 2.29. The molecule has 0 spiro atoms. The van der Waals surface area contributed by atoms with Gasteiger partial charge in [0.15, 0.2) is 0 Å². The predicted octanol–water partition coefficient (Wildman–Crippen LogP) is 2.05. The number of alkyl halides is 2. The van der Waals surface area contributed by atoms with Gasteiger partial charge in [-0.15, -0.1) is 0 Å². The molecule has 0 bridgehead atoms. The van der Waals surface area contributed by atoms with Crippen LogP contribution in [0.3, 0.4) is 0 Å². The van der Waals surface area contributed by atoms with E-state index in [9.17, 15) is 13.6 Å². The fourth-order valence-electron chi connectivity index (χ4n) is 1.47. The van der Waals surface area contributed by atoms with Crippen molar-refractivity contribution in [2.45, 2.75) is 19.8 Å². The van der Waals surface area contributed by atoms with Gasteiger partial charge in [0.1, 0.15) is 11.4 Å². The second-order valence-corrected chi connectivity index (χ2v) is 3.37. The van der Waals surface area contributed by atoms with E-state index < -0.39 is 12.4 Å². The number of esters is 1. The number of pyridine rings is 1. The Morgan fingerprint density at radius 3 is 2.59 bits per heavy atom. The summed E-state index contributed by atoms with van der Waals surface area (Å²) in [5.41, 5.74) is 0.291. The molecule has 1 heterocycles. The smallest absolute Gasteiger partial charge is 0.310 e. The highest BCUT2D eigenvalue weighted by molar-refractivity contribution is 5.74. The van der Waals surface area contributed by atoms with E-state index in [0.717, 1.165) is 0 Å². The molecule has 0 aliphatic rings. The maximum absolute atomic E-state index is 12.6. The first-order valence-electron chi connectivity index (χ1n) is 4.88. The van der Waals surface area contributed by atoms with Gasteiger partial charge in [-0.25, -0.2) is 8.78 Å². The topological polar surface area (TPSA) is 48.4 Å². The summed E-state index contributed by atoms with van der Waals surface area (Å²) in [5, 5.41) is 0. The molecule has 17 heavy (non-hydrogen) atoms. The third-order valence-corrected chi connectivity index (χ3v) is 2.43. The van der Waals surface area contributed by atoms with E-state index in [2.05, 4.69) is 9.72 Å². The minimum Gasteiger partial charge on any atom is -0.495 e. The van der Waals surface area contributed by atoms with Crippen LogP contribution in [0.2, 0.25) is 0 Å². The van der Waals surface area contributed by atoms with Crippen molar-refractivity contribution in [3.8, 4) is 5.75 Å². The van der Waals surface area contributed by atoms with Crippen LogP contribution in [-0.2, 0) is 16.0 Å². The van der Waals surface area contributed by atoms with Gasteiger partial charge in [-0.3, -0.25) is 9.78 Å². The highest BCUT2D eigenvalue weighted by atomic mass is 19.3. The zero-order valence-corrected chi connectivity index (χ0v) is 9.79. The molecule has 0 saturated heterocycles. The van der Waals surface area contributed by atoms with Gasteiger partial charge in [-0.05, 0) is 12.5 Å². The summed E-state index contributed by atoms with van der Waals surface area (Å²) in [7, 11) is 2.62. The first-order valence-corrected chi connectivity index (χ1v) is 4.88. The van der Waals surface area contributed by atoms with E-state index >= 15 is 0 Å². The van der Waals surface area contributed by atoms with E-state index in [-0.39, 0.29) is 17.7 Å². The monoisotopic (exact) mass is 245 g/mol. The lowest BCUT2D eigenvalue weighted by molar-refractivity contribution is -0.139. The highest BCUT2D eigenvalue weighted by Gasteiger charge is 2.20. The van der Waals surface area contributed by atoms with Gasteiger partial charge in [0.2, 0.25) is 0 Å². The van der Waals surface area contributed by atoms with Crippen molar-refractivity contribution < 1.29 is 23.0 Å². The Bertz CT molecular complexity index is 421. The van der Waals surface area contributed by atoms with Crippen molar-refractivity contribution in [1.82, 2.24) is 4.98 Å². The zero-order chi connectivity index (χ0) is 13.0. The van der Waals surface area contributed by atoms with E-state index in [0.29, 0.717) is 11.3 Å². The van der Waals surface area contributed by atoms with E-state index in [4.69, 9.17) is 4.74 Å². The summed E-state index contributed by atoms with van der Waals surface area (Å²) < 4.78 is 34.8. The molecular formula is C11H13F2NO3. The van der Waals surface area contributed by atoms with E-state index in [1.165, 1.54) is 27.3 Å². The molecule has 0 amide bonds. The maximum atomic E-state index is 12.6. The van der Waals surface area contributed by atoms with Gasteiger partial charge in [-0.2, -0.15) is 0 Å². The number of hydrogen-bond donors (Lipinski definition) is 0. The fraction of sp³-hybridized carbons (Fsp3) is 0.455. The van der Waals surface area contributed by atoms with Crippen LogP contribution in [0.1, 0.15) is 23.2 Å². The van der Waals surface area contributed by atoms with E-state index in [1.54, 1.807) is 0 Å². The lowest BCUT2D eigenvalue weighted by atomic mass is 10.0. The van der Waals surface area contributed by atoms with Gasteiger partial charge in [0.25, 0.3) is 6.43 Å². The number of nitrogens with zero attached hydrogens (tertiary/aromatic N) is 1. The normalized spacial score (nSPS) is 10.5. The molecule has 1 aromatic rings. The third kappa shape index (κ3) is 2.89. The summed E-state index contributed by atoms with van der Waals surface area (Å²) in [6, 6.07) is 0. The van der Waals surface area contributed by atoms with E-state index in [1.807, 2.05) is 0 Å². The molecule has 0 saturated carbocycles. The van der Waals surface area contributed by atoms with Gasteiger partial charge in [-0.1, -0.05) is 0 Å². The second-order valence-electron chi connectivity index (χ2n) is 3.37. The van der Waals surface area contributed by atoms with Gasteiger partial charge in [0.05, 0.1) is 26.8 Å². The SMILES string of the molecule is COC(=O)Cc1c(OC)cnc(C(F)F)c1C. The number of carbonyl (C=O) groups excluding carboxylic acids is 1. The van der Waals surface area contributed by atoms with Crippen LogP contribution in [0, 0.1) is 6.92 Å². The molecule has 0 unspecified atom stereocenters. The average molecular weight is 245 g/mol. The number of rotatable bonds is 4. The molecule has 0 aromatic carbocycles. The van der Waals surface area contributed by atoms with Crippen LogP contribution in [0.25, 0.3) is 0 Å². The molecule has 0 aliphatic heterocycles. The van der Waals surface area contributed by atoms with Crippen molar-refractivity contribution in [3.63, 3.8) is 0 Å². The molecule has 0 radical (unpaired) electrons. The maximum Gasteiger partial charge on any atom is 0.310 e. The Morgan fingerprint density at radius 2 is 2.12 bits per heavy atom. The first-order chi connectivity index (χ1) is 8.01. The standard InChI is InChI=1S/C11H13F2NO3/c1-6-7(4-9(15)17-3)8(16-2)5-14-10(6)11(12)13/h5,11H,4H2,1-3H3. The van der Waals surface area contributed by atoms with Gasteiger partial charge < -0.3 is 9.47 Å². The van der Waals surface area contributed by atoms with Crippen LogP contribution in [0.15, 0.2) is 6.20 Å². The van der Waals surface area contributed by atoms with Crippen molar-refractivity contribution in [3.05, 3.63) is 23.0 Å². The minimum atomic E-state index is -2.68. The number of aromatic nitrogens is 1. The quantitative estimate of drug-likeness (QED) is 0.762. The Balaban J connectivity index is 3.22. The predicted molar refractivity (Wildman–Crippen MR) is 56.2 cm³/mol. The molecule has 0 fully saturated rings. The molecule has 0 aliphatic carbocycles. The number of methoxy groups -OCH3 is 2. The summed E-state index contributed by atoms with van der Waals surface area (Å²) >= 11 is 0. The van der Waals surface area contributed by atoms with Crippen molar-refractivity contribution in [2.75, 3.05) is 14.2 Å². The first kappa shape index (κ1) is 13.3. The minimum absolute atomic E-state index is 0.117. The molecular weight excluding hydrogens is 232 g/mol. The Hall–Kier alpha value is -1.72. The summed E-state index contributed by atoms with van der Waals surface area (Å²) in [5.74, 6) is -0.213. The largest absolute Gasteiger partial charge is 0.495 e. The lowest BCUT2D eigenvalue weighted by Gasteiger charge is -2.13. The summed E-state index contributed by atoms with van der Waals surface area (Å²) in [4.78, 5) is 14.8. The molecule has 0 atom stereocenters. The van der Waals surface area contributed by atoms with Crippen molar-refractivity contribution in [2.24, 2.45) is 0 Å². The fourth-order valence-corrected chi connectivity index (χ4v) is 1.47. The Labute approximate surface area is 97.6 Å². The number of hydrogen-bond acceptors (Lipinski definition) is 4. The van der Waals surface area contributed by atoms with Gasteiger partial charge in [0, 0.05) is 5.56 Å². The summed E-state index contributed by atoms with van der Waals surface area (Å²) in [6.45, 7) is 1.48. The third-order valence-electron chi connectivity index (χ3n) is 2.43. The van der Waals surface area contributed by atoms with Crippen molar-refractivity contribution in [1.29, 1.82) is 0 Å². The van der Waals surface area contributed by atoms with Crippen molar-refractivity contribution >= 4 is 5.97 Å². The van der Waals surface area contributed by atoms with Crippen LogP contribution in [0.5, 0.6) is 5.75 Å². The lowest BCUT2D eigenvalue weighted by Crippen LogP contribution is -2.10.